The number of nitrogens with two attached hydrogens (primary N) is 1. The topological polar surface area (TPSA) is 64.3 Å². The number of rotatable bonds is 9. The maximum absolute atomic E-state index is 10.7. The number of ether oxygens (including phenoxy) is 1. The number of nitrogens with one attached hydrogen (secondary N) is 1. The van der Waals surface area contributed by atoms with Crippen LogP contribution in [0.5, 0.6) is 0 Å². The monoisotopic (exact) mass is 214 g/mol. The van der Waals surface area contributed by atoms with Gasteiger partial charge in [0.05, 0.1) is 0 Å². The van der Waals surface area contributed by atoms with Crippen LogP contribution in [0.2, 0.25) is 0 Å². The molecule has 1 aliphatic rings. The summed E-state index contributed by atoms with van der Waals surface area (Å²) < 4.78 is 5.48. The maximum atomic E-state index is 10.7. The van der Waals surface area contributed by atoms with Crippen molar-refractivity contribution in [3.63, 3.8) is 0 Å². The van der Waals surface area contributed by atoms with Gasteiger partial charge < -0.3 is 15.8 Å². The molecule has 0 heterocycles. The molecule has 1 fully saturated rings. The second-order valence-corrected chi connectivity index (χ2v) is 4.38. The van der Waals surface area contributed by atoms with Crippen molar-refractivity contribution in [1.29, 1.82) is 0 Å². The Morgan fingerprint density at radius 1 is 1.60 bits per heavy atom. The molecule has 0 radical (unpaired) electrons. The molecule has 4 heteroatoms. The van der Waals surface area contributed by atoms with E-state index in [-0.39, 0.29) is 11.8 Å². The van der Waals surface area contributed by atoms with Gasteiger partial charge in [-0.15, -0.1) is 0 Å². The van der Waals surface area contributed by atoms with Gasteiger partial charge in [-0.1, -0.05) is 6.92 Å². The summed E-state index contributed by atoms with van der Waals surface area (Å²) in [4.78, 5) is 10.7. The Labute approximate surface area is 91.5 Å². The summed E-state index contributed by atoms with van der Waals surface area (Å²) >= 11 is 0. The van der Waals surface area contributed by atoms with Crippen molar-refractivity contribution in [2.45, 2.75) is 26.2 Å². The van der Waals surface area contributed by atoms with Crippen LogP contribution in [-0.2, 0) is 9.53 Å². The van der Waals surface area contributed by atoms with Crippen LogP contribution in [0.25, 0.3) is 0 Å². The van der Waals surface area contributed by atoms with Crippen molar-refractivity contribution < 1.29 is 9.53 Å². The van der Waals surface area contributed by atoms with Crippen molar-refractivity contribution in [2.24, 2.45) is 17.6 Å². The van der Waals surface area contributed by atoms with Gasteiger partial charge in [-0.25, -0.2) is 0 Å². The fraction of sp³-hybridized carbons (Fsp3) is 0.909. The van der Waals surface area contributed by atoms with Crippen molar-refractivity contribution in [3.8, 4) is 0 Å². The van der Waals surface area contributed by atoms with Crippen LogP contribution in [0.15, 0.2) is 0 Å². The smallest absolute Gasteiger partial charge is 0.221 e. The SMILES string of the molecule is CC(CNCCCOCC1CC1)C(N)=O. The lowest BCUT2D eigenvalue weighted by Crippen LogP contribution is -2.31. The summed E-state index contributed by atoms with van der Waals surface area (Å²) in [6, 6.07) is 0. The molecular weight excluding hydrogens is 192 g/mol. The lowest BCUT2D eigenvalue weighted by molar-refractivity contribution is -0.121. The minimum atomic E-state index is -0.243. The Kier molecular flexibility index (Phi) is 5.65. The van der Waals surface area contributed by atoms with Crippen LogP contribution in [-0.4, -0.2) is 32.2 Å². The van der Waals surface area contributed by atoms with Crippen LogP contribution in [0.1, 0.15) is 26.2 Å². The van der Waals surface area contributed by atoms with E-state index in [1.54, 1.807) is 0 Å². The number of hydrogen-bond donors (Lipinski definition) is 2. The van der Waals surface area contributed by atoms with Crippen LogP contribution >= 0.6 is 0 Å². The molecule has 15 heavy (non-hydrogen) atoms. The molecular formula is C11H22N2O2. The first-order valence-electron chi connectivity index (χ1n) is 5.78. The van der Waals surface area contributed by atoms with E-state index in [1.165, 1.54) is 12.8 Å². The molecule has 4 nitrogen and oxygen atoms in total. The molecule has 0 aromatic rings. The predicted octanol–water partition coefficient (Wildman–Crippen LogP) is 0.514. The largest absolute Gasteiger partial charge is 0.381 e. The highest BCUT2D eigenvalue weighted by molar-refractivity contribution is 5.76. The average molecular weight is 214 g/mol. The summed E-state index contributed by atoms with van der Waals surface area (Å²) in [5, 5.41) is 3.19. The van der Waals surface area contributed by atoms with Gasteiger partial charge in [0.25, 0.3) is 0 Å². The molecule has 1 unspecified atom stereocenters. The first-order chi connectivity index (χ1) is 7.20. The van der Waals surface area contributed by atoms with Gasteiger partial charge in [-0.2, -0.15) is 0 Å². The van der Waals surface area contributed by atoms with E-state index in [4.69, 9.17) is 10.5 Å². The Balaban J connectivity index is 1.77. The number of hydrogen-bond acceptors (Lipinski definition) is 3. The standard InChI is InChI=1S/C11H22N2O2/c1-9(11(12)14)7-13-5-2-6-15-8-10-3-4-10/h9-10,13H,2-8H2,1H3,(H2,12,14). The molecule has 1 rings (SSSR count). The normalized spacial score (nSPS) is 17.7. The first kappa shape index (κ1) is 12.5. The summed E-state index contributed by atoms with van der Waals surface area (Å²) in [5.74, 6) is 0.512. The molecule has 3 N–H and O–H groups in total. The van der Waals surface area contributed by atoms with E-state index in [0.717, 1.165) is 32.1 Å². The van der Waals surface area contributed by atoms with E-state index in [2.05, 4.69) is 5.32 Å². The van der Waals surface area contributed by atoms with Gasteiger partial charge in [0, 0.05) is 25.7 Å². The number of carbonyl (C=O) groups excluding carboxylic acids is 1. The molecule has 0 spiro atoms. The third kappa shape index (κ3) is 6.47. The van der Waals surface area contributed by atoms with Crippen molar-refractivity contribution in [2.75, 3.05) is 26.3 Å². The number of carbonyl (C=O) groups is 1. The molecule has 1 aliphatic carbocycles. The quantitative estimate of drug-likeness (QED) is 0.550. The van der Waals surface area contributed by atoms with Crippen LogP contribution in [0.4, 0.5) is 0 Å². The number of amides is 1. The van der Waals surface area contributed by atoms with Crippen molar-refractivity contribution in [3.05, 3.63) is 0 Å². The van der Waals surface area contributed by atoms with Gasteiger partial charge in [0.2, 0.25) is 5.91 Å². The highest BCUT2D eigenvalue weighted by Crippen LogP contribution is 2.28. The van der Waals surface area contributed by atoms with E-state index < -0.39 is 0 Å². The molecule has 1 saturated carbocycles. The fourth-order valence-electron chi connectivity index (χ4n) is 1.25. The van der Waals surface area contributed by atoms with Gasteiger partial charge in [-0.05, 0) is 31.7 Å². The lowest BCUT2D eigenvalue weighted by Gasteiger charge is -2.08. The summed E-state index contributed by atoms with van der Waals surface area (Å²) in [6.45, 7) is 5.13. The first-order valence-corrected chi connectivity index (χ1v) is 5.78. The minimum Gasteiger partial charge on any atom is -0.381 e. The van der Waals surface area contributed by atoms with E-state index in [1.807, 2.05) is 6.92 Å². The van der Waals surface area contributed by atoms with E-state index in [0.29, 0.717) is 6.54 Å². The average Bonchev–Trinajstić information content (AvgIpc) is 2.99. The molecule has 1 amide bonds. The zero-order chi connectivity index (χ0) is 11.1. The zero-order valence-electron chi connectivity index (χ0n) is 9.50. The van der Waals surface area contributed by atoms with Gasteiger partial charge >= 0.3 is 0 Å². The molecule has 0 aliphatic heterocycles. The second kappa shape index (κ2) is 6.80. The summed E-state index contributed by atoms with van der Waals surface area (Å²) in [5.41, 5.74) is 5.14. The van der Waals surface area contributed by atoms with Gasteiger partial charge in [0.15, 0.2) is 0 Å². The molecule has 0 saturated heterocycles. The Morgan fingerprint density at radius 3 is 2.93 bits per heavy atom. The van der Waals surface area contributed by atoms with Gasteiger partial charge in [0.1, 0.15) is 0 Å². The van der Waals surface area contributed by atoms with E-state index >= 15 is 0 Å². The highest BCUT2D eigenvalue weighted by atomic mass is 16.5. The third-order valence-corrected chi connectivity index (χ3v) is 2.63. The fourth-order valence-corrected chi connectivity index (χ4v) is 1.25. The Bertz CT molecular complexity index is 193. The van der Waals surface area contributed by atoms with Crippen LogP contribution in [0.3, 0.4) is 0 Å². The predicted molar refractivity (Wildman–Crippen MR) is 59.4 cm³/mol. The Morgan fingerprint density at radius 2 is 2.33 bits per heavy atom. The molecule has 0 aromatic heterocycles. The Hall–Kier alpha value is -0.610. The molecule has 0 aromatic carbocycles. The lowest BCUT2D eigenvalue weighted by atomic mass is 10.2. The zero-order valence-corrected chi connectivity index (χ0v) is 9.50. The third-order valence-electron chi connectivity index (χ3n) is 2.63. The van der Waals surface area contributed by atoms with Crippen molar-refractivity contribution >= 4 is 5.91 Å². The molecule has 88 valence electrons. The highest BCUT2D eigenvalue weighted by Gasteiger charge is 2.20. The van der Waals surface area contributed by atoms with Crippen LogP contribution < -0.4 is 11.1 Å². The van der Waals surface area contributed by atoms with Crippen LogP contribution in [0, 0.1) is 11.8 Å². The van der Waals surface area contributed by atoms with E-state index in [9.17, 15) is 4.79 Å². The maximum Gasteiger partial charge on any atom is 0.221 e. The van der Waals surface area contributed by atoms with Gasteiger partial charge in [-0.3, -0.25) is 4.79 Å². The van der Waals surface area contributed by atoms with Crippen molar-refractivity contribution in [1.82, 2.24) is 5.32 Å². The number of primary amides is 1. The molecule has 1 atom stereocenters. The summed E-state index contributed by atoms with van der Waals surface area (Å²) in [6.07, 6.45) is 3.68. The molecule has 0 bridgehead atoms. The minimum absolute atomic E-state index is 0.0858. The second-order valence-electron chi connectivity index (χ2n) is 4.38. The summed E-state index contributed by atoms with van der Waals surface area (Å²) in [7, 11) is 0.